The monoisotopic (exact) mass is 621 g/mol. The van der Waals surface area contributed by atoms with Crippen molar-refractivity contribution < 1.29 is 32.6 Å². The van der Waals surface area contributed by atoms with Crippen molar-refractivity contribution in [3.05, 3.63) is 100 Å². The lowest BCUT2D eigenvalue weighted by Crippen LogP contribution is -2.42. The number of urea groups is 1. The number of H-pyrrole nitrogens is 1. The summed E-state index contributed by atoms with van der Waals surface area (Å²) >= 11 is 0. The summed E-state index contributed by atoms with van der Waals surface area (Å²) in [5.41, 5.74) is 1.43. The first-order chi connectivity index (χ1) is 21.1. The van der Waals surface area contributed by atoms with Gasteiger partial charge in [-0.05, 0) is 35.4 Å². The molecule has 4 rings (SSSR count). The zero-order valence-corrected chi connectivity index (χ0v) is 24.7. The average Bonchev–Trinajstić information content (AvgIpc) is 3.02. The maximum Gasteiger partial charge on any atom is 0.322 e. The molecule has 1 heterocycles. The van der Waals surface area contributed by atoms with E-state index in [1.807, 2.05) is 30.3 Å². The molecule has 0 spiro atoms. The molecule has 5 N–H and O–H groups in total. The molecule has 0 unspecified atom stereocenters. The van der Waals surface area contributed by atoms with E-state index >= 15 is 0 Å². The number of carboxylic acid groups (broad SMARTS) is 1. The molecular formula is C30H31N5O8S. The van der Waals surface area contributed by atoms with Gasteiger partial charge in [0.2, 0.25) is 10.0 Å². The Bertz CT molecular complexity index is 1840. The second-order valence-electron chi connectivity index (χ2n) is 9.47. The quantitative estimate of drug-likeness (QED) is 0.149. The third-order valence-corrected chi connectivity index (χ3v) is 7.89. The summed E-state index contributed by atoms with van der Waals surface area (Å²) in [7, 11) is -1.56. The number of methoxy groups -OCH3 is 2. The van der Waals surface area contributed by atoms with Crippen LogP contribution in [0.4, 0.5) is 4.79 Å². The van der Waals surface area contributed by atoms with Crippen molar-refractivity contribution in [3.63, 3.8) is 0 Å². The van der Waals surface area contributed by atoms with Crippen molar-refractivity contribution in [1.29, 1.82) is 0 Å². The molecule has 0 bridgehead atoms. The van der Waals surface area contributed by atoms with E-state index in [-0.39, 0.29) is 34.4 Å². The highest BCUT2D eigenvalue weighted by Gasteiger charge is 2.27. The maximum atomic E-state index is 13.0. The number of benzene rings is 3. The smallest absolute Gasteiger partial charge is 0.322 e. The van der Waals surface area contributed by atoms with Gasteiger partial charge in [0.15, 0.2) is 11.5 Å². The molecule has 0 aliphatic heterocycles. The molecule has 0 fully saturated rings. The van der Waals surface area contributed by atoms with E-state index in [0.29, 0.717) is 23.4 Å². The van der Waals surface area contributed by atoms with Crippen LogP contribution in [0.3, 0.4) is 0 Å². The Balaban J connectivity index is 1.41. The average molecular weight is 622 g/mol. The van der Waals surface area contributed by atoms with Crippen LogP contribution in [0.2, 0.25) is 0 Å². The zero-order chi connectivity index (χ0) is 31.7. The first-order valence-electron chi connectivity index (χ1n) is 13.3. The minimum atomic E-state index is -4.30. The summed E-state index contributed by atoms with van der Waals surface area (Å²) in [5, 5.41) is 15.5. The number of amides is 2. The molecule has 14 heteroatoms. The molecule has 0 saturated heterocycles. The molecule has 13 nitrogen and oxygen atoms in total. The van der Waals surface area contributed by atoms with Gasteiger partial charge in [0.05, 0.1) is 30.0 Å². The summed E-state index contributed by atoms with van der Waals surface area (Å²) < 4.78 is 38.3. The fourth-order valence-electron chi connectivity index (χ4n) is 4.20. The standard InChI is InChI=1S/C30H31N5O8S/c1-42-25-13-11-21(16-26(25)43-2)44(40,41)35-24(29(37)38)17-27-33-23-12-10-19(15-22(23)28(36)34-27)9-6-14-31-30(39)32-18-20-7-4-3-5-8-20/h3-13,15-16,24,35H,14,17-18H2,1-2H3,(H,37,38)(H2,31,32,39)(H,33,34,36)/t24-/m0/s1. The van der Waals surface area contributed by atoms with Gasteiger partial charge in [-0.25, -0.2) is 18.2 Å². The second-order valence-corrected chi connectivity index (χ2v) is 11.2. The van der Waals surface area contributed by atoms with Gasteiger partial charge in [-0.15, -0.1) is 0 Å². The van der Waals surface area contributed by atoms with Crippen LogP contribution in [0, 0.1) is 0 Å². The molecular weight excluding hydrogens is 590 g/mol. The zero-order valence-electron chi connectivity index (χ0n) is 23.9. The van der Waals surface area contributed by atoms with Gasteiger partial charge < -0.3 is 30.2 Å². The number of carbonyl (C=O) groups excluding carboxylic acids is 1. The fraction of sp³-hybridized carbons (Fsp3) is 0.200. The van der Waals surface area contributed by atoms with E-state index < -0.39 is 34.0 Å². The number of hydrogen-bond acceptors (Lipinski definition) is 8. The molecule has 1 atom stereocenters. The number of ether oxygens (including phenoxy) is 2. The Labute approximate surface area is 253 Å². The van der Waals surface area contributed by atoms with Crippen molar-refractivity contribution >= 4 is 39.0 Å². The highest BCUT2D eigenvalue weighted by atomic mass is 32.2. The van der Waals surface area contributed by atoms with Gasteiger partial charge in [0.1, 0.15) is 11.9 Å². The highest BCUT2D eigenvalue weighted by Crippen LogP contribution is 2.29. The van der Waals surface area contributed by atoms with Crippen molar-refractivity contribution in [2.45, 2.75) is 23.9 Å². The molecule has 2 amide bonds. The summed E-state index contributed by atoms with van der Waals surface area (Å²) in [6, 6.07) is 16.3. The predicted molar refractivity (Wildman–Crippen MR) is 163 cm³/mol. The first kappa shape index (κ1) is 31.7. The van der Waals surface area contributed by atoms with Gasteiger partial charge >= 0.3 is 12.0 Å². The fourth-order valence-corrected chi connectivity index (χ4v) is 5.41. The second kappa shape index (κ2) is 14.3. The Morgan fingerprint density at radius 1 is 1.00 bits per heavy atom. The number of nitrogens with zero attached hydrogens (tertiary/aromatic N) is 1. The highest BCUT2D eigenvalue weighted by molar-refractivity contribution is 7.89. The molecule has 0 aliphatic carbocycles. The van der Waals surface area contributed by atoms with Gasteiger partial charge in [0, 0.05) is 25.6 Å². The molecule has 4 aromatic rings. The summed E-state index contributed by atoms with van der Waals surface area (Å²) in [6.07, 6.45) is 3.03. The largest absolute Gasteiger partial charge is 0.493 e. The van der Waals surface area contributed by atoms with Crippen molar-refractivity contribution in [2.75, 3.05) is 20.8 Å². The number of sulfonamides is 1. The maximum absolute atomic E-state index is 13.0. The number of fused-ring (bicyclic) bond motifs is 1. The van der Waals surface area contributed by atoms with Gasteiger partial charge in [0.25, 0.3) is 5.56 Å². The molecule has 0 saturated carbocycles. The van der Waals surface area contributed by atoms with Crippen LogP contribution in [0.1, 0.15) is 17.0 Å². The third kappa shape index (κ3) is 8.20. The summed E-state index contributed by atoms with van der Waals surface area (Å²) in [6.45, 7) is 0.651. The van der Waals surface area contributed by atoms with E-state index in [1.54, 1.807) is 30.4 Å². The van der Waals surface area contributed by atoms with Crippen LogP contribution < -0.4 is 30.4 Å². The number of hydrogen-bond donors (Lipinski definition) is 5. The van der Waals surface area contributed by atoms with E-state index in [0.717, 1.165) is 5.56 Å². The number of aromatic amines is 1. The lowest BCUT2D eigenvalue weighted by Gasteiger charge is -2.16. The molecule has 0 aliphatic rings. The predicted octanol–water partition coefficient (Wildman–Crippen LogP) is 2.43. The summed E-state index contributed by atoms with van der Waals surface area (Å²) in [5.74, 6) is -1.02. The van der Waals surface area contributed by atoms with Crippen LogP contribution in [0.15, 0.2) is 82.5 Å². The van der Waals surface area contributed by atoms with Gasteiger partial charge in [-0.1, -0.05) is 48.6 Å². The Kier molecular flexibility index (Phi) is 10.3. The van der Waals surface area contributed by atoms with Crippen LogP contribution in [-0.4, -0.2) is 62.3 Å². The lowest BCUT2D eigenvalue weighted by atomic mass is 10.1. The number of nitrogens with one attached hydrogen (secondary N) is 4. The number of rotatable bonds is 13. The minimum absolute atomic E-state index is 0.0149. The van der Waals surface area contributed by atoms with E-state index in [1.165, 1.54) is 32.4 Å². The van der Waals surface area contributed by atoms with Gasteiger partial charge in [-0.2, -0.15) is 4.72 Å². The SMILES string of the molecule is COc1ccc(S(=O)(=O)N[C@@H](Cc2nc3ccc(C=CCNC(=O)NCc4ccccc4)cc3c(=O)[nH]2)C(=O)O)cc1OC. The topological polar surface area (TPSA) is 189 Å². The molecule has 1 aromatic heterocycles. The van der Waals surface area contributed by atoms with Crippen molar-refractivity contribution in [2.24, 2.45) is 0 Å². The Morgan fingerprint density at radius 3 is 2.45 bits per heavy atom. The molecule has 0 radical (unpaired) electrons. The summed E-state index contributed by atoms with van der Waals surface area (Å²) in [4.78, 5) is 43.5. The van der Waals surface area contributed by atoms with E-state index in [2.05, 4.69) is 25.3 Å². The van der Waals surface area contributed by atoms with Crippen LogP contribution >= 0.6 is 0 Å². The number of carbonyl (C=O) groups is 2. The Hall–Kier alpha value is -5.21. The number of aromatic nitrogens is 2. The van der Waals surface area contributed by atoms with Crippen LogP contribution in [0.25, 0.3) is 17.0 Å². The van der Waals surface area contributed by atoms with Crippen LogP contribution in [-0.2, 0) is 27.8 Å². The number of carboxylic acids is 1. The van der Waals surface area contributed by atoms with Crippen molar-refractivity contribution in [1.82, 2.24) is 25.3 Å². The van der Waals surface area contributed by atoms with Crippen molar-refractivity contribution in [3.8, 4) is 11.5 Å². The minimum Gasteiger partial charge on any atom is -0.493 e. The molecule has 230 valence electrons. The number of aliphatic carboxylic acids is 1. The third-order valence-electron chi connectivity index (χ3n) is 6.42. The molecule has 44 heavy (non-hydrogen) atoms. The normalized spacial score (nSPS) is 12.1. The molecule has 3 aromatic carbocycles. The lowest BCUT2D eigenvalue weighted by molar-refractivity contribution is -0.139. The van der Waals surface area contributed by atoms with Gasteiger partial charge in [-0.3, -0.25) is 9.59 Å². The van der Waals surface area contributed by atoms with E-state index in [4.69, 9.17) is 9.47 Å². The first-order valence-corrected chi connectivity index (χ1v) is 14.8. The Morgan fingerprint density at radius 2 is 1.75 bits per heavy atom. The van der Waals surface area contributed by atoms with E-state index in [9.17, 15) is 27.9 Å². The van der Waals surface area contributed by atoms with Crippen LogP contribution in [0.5, 0.6) is 11.5 Å².